The van der Waals surface area contributed by atoms with E-state index in [-0.39, 0.29) is 24.1 Å². The van der Waals surface area contributed by atoms with Crippen LogP contribution in [0.3, 0.4) is 0 Å². The molecule has 0 bridgehead atoms. The lowest BCUT2D eigenvalue weighted by molar-refractivity contribution is 0.416. The number of benzene rings is 2. The van der Waals surface area contributed by atoms with Gasteiger partial charge in [0, 0.05) is 11.6 Å². The van der Waals surface area contributed by atoms with Crippen LogP contribution < -0.4 is 10.0 Å². The Bertz CT molecular complexity index is 1350. The van der Waals surface area contributed by atoms with Gasteiger partial charge in [0.25, 0.3) is 0 Å². The van der Waals surface area contributed by atoms with E-state index in [1.165, 1.54) is 6.07 Å². The summed E-state index contributed by atoms with van der Waals surface area (Å²) >= 11 is 6.33. The van der Waals surface area contributed by atoms with E-state index < -0.39 is 11.6 Å². The van der Waals surface area contributed by atoms with Gasteiger partial charge >= 0.3 is 6.01 Å². The summed E-state index contributed by atoms with van der Waals surface area (Å²) in [5.41, 5.74) is 1.74. The predicted octanol–water partition coefficient (Wildman–Crippen LogP) is 3.81. The van der Waals surface area contributed by atoms with Crippen molar-refractivity contribution in [1.82, 2.24) is 19.7 Å². The van der Waals surface area contributed by atoms with Crippen molar-refractivity contribution in [3.8, 4) is 17.1 Å². The standard InChI is InChI=1S/C19H10ClF2N7O/c20-18-23-8-15-28(18)14-4-2-1-3-12(14)17-24-9-27(29(15)17)19-25-16(26-30-19)11-6-5-10(21)7-13(11)22/h1-8H,9H2. The zero-order valence-corrected chi connectivity index (χ0v) is 15.8. The average molecular weight is 426 g/mol. The first-order valence-electron chi connectivity index (χ1n) is 8.86. The van der Waals surface area contributed by atoms with Gasteiger partial charge in [-0.3, -0.25) is 4.57 Å². The maximum Gasteiger partial charge on any atom is 0.345 e. The first-order chi connectivity index (χ1) is 14.6. The number of aliphatic imine (C=N–C) groups is 1. The van der Waals surface area contributed by atoms with Gasteiger partial charge in [0.05, 0.1) is 17.4 Å². The van der Waals surface area contributed by atoms with E-state index in [0.29, 0.717) is 16.9 Å². The highest BCUT2D eigenvalue weighted by Gasteiger charge is 2.39. The number of nitrogens with zero attached hydrogens (tertiary/aromatic N) is 7. The Hall–Kier alpha value is -3.79. The molecule has 2 aliphatic rings. The summed E-state index contributed by atoms with van der Waals surface area (Å²) in [5, 5.41) is 7.54. The monoisotopic (exact) mass is 425 g/mol. The lowest BCUT2D eigenvalue weighted by Crippen LogP contribution is -2.45. The summed E-state index contributed by atoms with van der Waals surface area (Å²) in [6.07, 6.45) is 1.61. The molecule has 6 rings (SSSR count). The molecule has 0 saturated carbocycles. The number of hydrogen-bond donors (Lipinski definition) is 0. The van der Waals surface area contributed by atoms with Crippen LogP contribution in [-0.4, -0.2) is 32.2 Å². The minimum atomic E-state index is -0.780. The number of hydrogen-bond acceptors (Lipinski definition) is 7. The normalized spacial score (nSPS) is 14.4. The molecule has 0 N–H and O–H groups in total. The molecule has 8 nitrogen and oxygen atoms in total. The molecule has 0 unspecified atom stereocenters. The molecule has 30 heavy (non-hydrogen) atoms. The summed E-state index contributed by atoms with van der Waals surface area (Å²) in [7, 11) is 0. The Kier molecular flexibility index (Phi) is 3.48. The molecule has 0 atom stereocenters. The van der Waals surface area contributed by atoms with Crippen LogP contribution in [0.4, 0.5) is 20.6 Å². The van der Waals surface area contributed by atoms with E-state index >= 15 is 0 Å². The van der Waals surface area contributed by atoms with Crippen molar-refractivity contribution in [3.05, 3.63) is 71.1 Å². The number of aromatic nitrogens is 4. The molecule has 11 heteroatoms. The van der Waals surface area contributed by atoms with Crippen LogP contribution in [0.2, 0.25) is 5.28 Å². The van der Waals surface area contributed by atoms with Crippen LogP contribution in [0, 0.1) is 11.6 Å². The molecular formula is C19H10ClF2N7O. The third kappa shape index (κ3) is 2.31. The summed E-state index contributed by atoms with van der Waals surface area (Å²) in [5.74, 6) is -0.155. The van der Waals surface area contributed by atoms with Crippen molar-refractivity contribution in [2.24, 2.45) is 4.99 Å². The third-order valence-electron chi connectivity index (χ3n) is 4.91. The highest BCUT2D eigenvalue weighted by molar-refractivity contribution is 6.29. The first-order valence-corrected chi connectivity index (χ1v) is 9.24. The minimum absolute atomic E-state index is 0.0000929. The Morgan fingerprint density at radius 3 is 2.80 bits per heavy atom. The fourth-order valence-electron chi connectivity index (χ4n) is 3.61. The fraction of sp³-hybridized carbons (Fsp3) is 0.0526. The van der Waals surface area contributed by atoms with Crippen LogP contribution in [0.5, 0.6) is 0 Å². The Morgan fingerprint density at radius 1 is 1.07 bits per heavy atom. The quantitative estimate of drug-likeness (QED) is 0.486. The van der Waals surface area contributed by atoms with Gasteiger partial charge in [0.1, 0.15) is 18.3 Å². The SMILES string of the molecule is Fc1ccc(-c2noc(N3CN=C4c5ccccc5-n5c(cnc5Cl)N43)n2)c(F)c1. The lowest BCUT2D eigenvalue weighted by Gasteiger charge is -2.33. The van der Waals surface area contributed by atoms with Gasteiger partial charge in [-0.15, -0.1) is 0 Å². The van der Waals surface area contributed by atoms with Crippen molar-refractivity contribution >= 4 is 29.3 Å². The smallest absolute Gasteiger partial charge is 0.313 e. The summed E-state index contributed by atoms with van der Waals surface area (Å²) < 4.78 is 34.5. The molecule has 2 aliphatic heterocycles. The van der Waals surface area contributed by atoms with Crippen LogP contribution >= 0.6 is 11.6 Å². The Balaban J connectivity index is 1.44. The van der Waals surface area contributed by atoms with Crippen LogP contribution in [-0.2, 0) is 0 Å². The highest BCUT2D eigenvalue weighted by atomic mass is 35.5. The Morgan fingerprint density at radius 2 is 1.93 bits per heavy atom. The maximum atomic E-state index is 14.1. The van der Waals surface area contributed by atoms with E-state index in [2.05, 4.69) is 20.1 Å². The number of amidine groups is 1. The highest BCUT2D eigenvalue weighted by Crippen LogP contribution is 2.38. The molecular weight excluding hydrogens is 416 g/mol. The van der Waals surface area contributed by atoms with Crippen molar-refractivity contribution in [2.75, 3.05) is 16.7 Å². The van der Waals surface area contributed by atoms with Crippen molar-refractivity contribution in [2.45, 2.75) is 0 Å². The maximum absolute atomic E-state index is 14.1. The van der Waals surface area contributed by atoms with Gasteiger partial charge in [0.15, 0.2) is 11.7 Å². The van der Waals surface area contributed by atoms with Crippen molar-refractivity contribution in [3.63, 3.8) is 0 Å². The van der Waals surface area contributed by atoms with Gasteiger partial charge in [0.2, 0.25) is 11.1 Å². The van der Waals surface area contributed by atoms with Crippen molar-refractivity contribution in [1.29, 1.82) is 0 Å². The van der Waals surface area contributed by atoms with E-state index in [9.17, 15) is 8.78 Å². The number of fused-ring (bicyclic) bond motifs is 6. The van der Waals surface area contributed by atoms with Gasteiger partial charge in [-0.05, 0) is 35.9 Å². The van der Waals surface area contributed by atoms with E-state index in [1.807, 2.05) is 24.3 Å². The molecule has 0 amide bonds. The van der Waals surface area contributed by atoms with E-state index in [4.69, 9.17) is 16.1 Å². The summed E-state index contributed by atoms with van der Waals surface area (Å²) in [6.45, 7) is 0.194. The summed E-state index contributed by atoms with van der Waals surface area (Å²) in [6, 6.07) is 10.9. The first kappa shape index (κ1) is 17.1. The number of hydrazine groups is 1. The minimum Gasteiger partial charge on any atom is -0.313 e. The van der Waals surface area contributed by atoms with Crippen molar-refractivity contribution < 1.29 is 13.3 Å². The van der Waals surface area contributed by atoms with Gasteiger partial charge in [-0.25, -0.2) is 28.8 Å². The molecule has 2 aromatic heterocycles. The topological polar surface area (TPSA) is 75.6 Å². The van der Waals surface area contributed by atoms with E-state index in [0.717, 1.165) is 23.4 Å². The zero-order valence-electron chi connectivity index (χ0n) is 15.0. The Labute approximate surface area is 172 Å². The molecule has 4 heterocycles. The second kappa shape index (κ2) is 6.10. The molecule has 4 aromatic rings. The zero-order chi connectivity index (χ0) is 20.4. The van der Waals surface area contributed by atoms with Crippen LogP contribution in [0.1, 0.15) is 5.56 Å². The predicted molar refractivity (Wildman–Crippen MR) is 105 cm³/mol. The largest absolute Gasteiger partial charge is 0.345 e. The second-order valence-corrected chi connectivity index (χ2v) is 6.94. The van der Waals surface area contributed by atoms with Gasteiger partial charge in [-0.1, -0.05) is 17.3 Å². The molecule has 0 radical (unpaired) electrons. The second-order valence-electron chi connectivity index (χ2n) is 6.60. The average Bonchev–Trinajstić information content (AvgIpc) is 3.46. The third-order valence-corrected chi connectivity index (χ3v) is 5.17. The molecule has 2 aromatic carbocycles. The summed E-state index contributed by atoms with van der Waals surface area (Å²) in [4.78, 5) is 13.1. The van der Waals surface area contributed by atoms with Crippen LogP contribution in [0.25, 0.3) is 17.1 Å². The van der Waals surface area contributed by atoms with Crippen LogP contribution in [0.15, 0.2) is 58.2 Å². The molecule has 148 valence electrons. The lowest BCUT2D eigenvalue weighted by atomic mass is 10.1. The number of rotatable bonds is 2. The van der Waals surface area contributed by atoms with Gasteiger partial charge < -0.3 is 4.52 Å². The number of imidazole rings is 1. The van der Waals surface area contributed by atoms with E-state index in [1.54, 1.807) is 20.8 Å². The number of halogens is 3. The fourth-order valence-corrected chi connectivity index (χ4v) is 3.83. The molecule has 0 aliphatic carbocycles. The molecule has 0 saturated heterocycles. The molecule has 0 fully saturated rings. The number of para-hydroxylation sites is 1. The molecule has 0 spiro atoms. The van der Waals surface area contributed by atoms with Gasteiger partial charge in [-0.2, -0.15) is 4.98 Å². The number of anilines is 2.